The molecule has 0 spiro atoms. The minimum Gasteiger partial charge on any atom is -0.370 e. The molecule has 0 aliphatic carbocycles. The fourth-order valence-electron chi connectivity index (χ4n) is 1.45. The lowest BCUT2D eigenvalue weighted by Crippen LogP contribution is -2.29. The minimum absolute atomic E-state index is 0.0118. The van der Waals surface area contributed by atoms with Gasteiger partial charge in [0.2, 0.25) is 15.9 Å². The molecule has 6 nitrogen and oxygen atoms in total. The minimum atomic E-state index is -3.45. The Kier molecular flexibility index (Phi) is 5.26. The van der Waals surface area contributed by atoms with E-state index in [1.807, 2.05) is 6.07 Å². The van der Waals surface area contributed by atoms with Crippen LogP contribution in [-0.4, -0.2) is 20.9 Å². The molecule has 1 amide bonds. The van der Waals surface area contributed by atoms with Crippen LogP contribution in [0.5, 0.6) is 0 Å². The zero-order valence-electron chi connectivity index (χ0n) is 9.93. The highest BCUT2D eigenvalue weighted by molar-refractivity contribution is 7.88. The normalized spacial score (nSPS) is 11.4. The molecule has 0 fully saturated rings. The van der Waals surface area contributed by atoms with Crippen molar-refractivity contribution in [3.05, 3.63) is 35.4 Å². The number of primary amides is 1. The summed E-state index contributed by atoms with van der Waals surface area (Å²) in [6.07, 6.45) is -0.0118. The first-order valence-electron chi connectivity index (χ1n) is 5.46. The van der Waals surface area contributed by atoms with Crippen LogP contribution < -0.4 is 16.2 Å². The summed E-state index contributed by atoms with van der Waals surface area (Å²) >= 11 is 0. The SMILES string of the molecule is NCc1cccc(CS(=O)(=O)NCCC(N)=O)c1. The van der Waals surface area contributed by atoms with Gasteiger partial charge < -0.3 is 11.5 Å². The quantitative estimate of drug-likeness (QED) is 0.616. The molecule has 0 saturated heterocycles. The van der Waals surface area contributed by atoms with E-state index in [-0.39, 0.29) is 18.7 Å². The average molecular weight is 271 g/mol. The van der Waals surface area contributed by atoms with E-state index in [1.165, 1.54) is 0 Å². The zero-order chi connectivity index (χ0) is 13.6. The van der Waals surface area contributed by atoms with Crippen LogP contribution in [-0.2, 0) is 27.1 Å². The van der Waals surface area contributed by atoms with E-state index >= 15 is 0 Å². The number of hydrogen-bond acceptors (Lipinski definition) is 4. The van der Waals surface area contributed by atoms with Gasteiger partial charge in [-0.25, -0.2) is 13.1 Å². The number of rotatable bonds is 7. The van der Waals surface area contributed by atoms with Crippen LogP contribution in [0.2, 0.25) is 0 Å². The molecule has 0 atom stereocenters. The van der Waals surface area contributed by atoms with E-state index in [2.05, 4.69) is 4.72 Å². The molecule has 100 valence electrons. The van der Waals surface area contributed by atoms with Crippen LogP contribution in [0.25, 0.3) is 0 Å². The molecule has 18 heavy (non-hydrogen) atoms. The van der Waals surface area contributed by atoms with Crippen molar-refractivity contribution in [2.45, 2.75) is 18.7 Å². The van der Waals surface area contributed by atoms with E-state index in [1.54, 1.807) is 18.2 Å². The van der Waals surface area contributed by atoms with Gasteiger partial charge in [0.25, 0.3) is 0 Å². The monoisotopic (exact) mass is 271 g/mol. The Labute approximate surface area is 106 Å². The van der Waals surface area contributed by atoms with Gasteiger partial charge in [0.15, 0.2) is 0 Å². The molecule has 0 aromatic heterocycles. The van der Waals surface area contributed by atoms with E-state index in [0.29, 0.717) is 12.1 Å². The maximum atomic E-state index is 11.7. The molecule has 5 N–H and O–H groups in total. The fraction of sp³-hybridized carbons (Fsp3) is 0.364. The van der Waals surface area contributed by atoms with Crippen molar-refractivity contribution in [3.63, 3.8) is 0 Å². The van der Waals surface area contributed by atoms with Gasteiger partial charge >= 0.3 is 0 Å². The van der Waals surface area contributed by atoms with Crippen LogP contribution in [0.4, 0.5) is 0 Å². The first kappa shape index (κ1) is 14.6. The summed E-state index contributed by atoms with van der Waals surface area (Å²) in [6.45, 7) is 0.386. The molecular formula is C11H17N3O3S. The van der Waals surface area contributed by atoms with Crippen molar-refractivity contribution in [1.82, 2.24) is 4.72 Å². The zero-order valence-corrected chi connectivity index (χ0v) is 10.7. The summed E-state index contributed by atoms with van der Waals surface area (Å²) in [6, 6.07) is 7.05. The van der Waals surface area contributed by atoms with Gasteiger partial charge in [-0.2, -0.15) is 0 Å². The second kappa shape index (κ2) is 6.48. The lowest BCUT2D eigenvalue weighted by molar-refractivity contribution is -0.117. The number of amides is 1. The molecule has 0 saturated carbocycles. The smallest absolute Gasteiger partial charge is 0.218 e. The van der Waals surface area contributed by atoms with E-state index in [4.69, 9.17) is 11.5 Å². The molecular weight excluding hydrogens is 254 g/mol. The maximum absolute atomic E-state index is 11.7. The summed E-state index contributed by atoms with van der Waals surface area (Å²) in [5, 5.41) is 0. The topological polar surface area (TPSA) is 115 Å². The molecule has 0 aliphatic heterocycles. The number of sulfonamides is 1. The van der Waals surface area contributed by atoms with Crippen molar-refractivity contribution in [2.24, 2.45) is 11.5 Å². The predicted octanol–water partition coefficient (Wildman–Crippen LogP) is -0.560. The fourth-order valence-corrected chi connectivity index (χ4v) is 2.58. The number of nitrogens with two attached hydrogens (primary N) is 2. The van der Waals surface area contributed by atoms with Crippen molar-refractivity contribution in [3.8, 4) is 0 Å². The van der Waals surface area contributed by atoms with Crippen molar-refractivity contribution < 1.29 is 13.2 Å². The molecule has 1 aromatic rings. The van der Waals surface area contributed by atoms with Gasteiger partial charge in [-0.3, -0.25) is 4.79 Å². The number of hydrogen-bond donors (Lipinski definition) is 3. The summed E-state index contributed by atoms with van der Waals surface area (Å²) in [4.78, 5) is 10.5. The van der Waals surface area contributed by atoms with Crippen molar-refractivity contribution in [2.75, 3.05) is 6.54 Å². The second-order valence-corrected chi connectivity index (χ2v) is 5.70. The Balaban J connectivity index is 2.61. The maximum Gasteiger partial charge on any atom is 0.218 e. The third-order valence-electron chi connectivity index (χ3n) is 2.28. The van der Waals surface area contributed by atoms with Gasteiger partial charge in [0.1, 0.15) is 0 Å². The third kappa shape index (κ3) is 5.26. The van der Waals surface area contributed by atoms with E-state index < -0.39 is 15.9 Å². The Bertz CT molecular complexity index is 514. The number of carbonyl (C=O) groups excluding carboxylic acids is 1. The van der Waals surface area contributed by atoms with Gasteiger partial charge in [-0.1, -0.05) is 24.3 Å². The highest BCUT2D eigenvalue weighted by Crippen LogP contribution is 2.08. The highest BCUT2D eigenvalue weighted by atomic mass is 32.2. The second-order valence-electron chi connectivity index (χ2n) is 3.89. The lowest BCUT2D eigenvalue weighted by atomic mass is 10.1. The van der Waals surface area contributed by atoms with Crippen LogP contribution in [0.1, 0.15) is 17.5 Å². The van der Waals surface area contributed by atoms with Crippen LogP contribution in [0, 0.1) is 0 Å². The van der Waals surface area contributed by atoms with Crippen molar-refractivity contribution in [1.29, 1.82) is 0 Å². The predicted molar refractivity (Wildman–Crippen MR) is 68.8 cm³/mol. The first-order chi connectivity index (χ1) is 8.43. The molecule has 1 aromatic carbocycles. The van der Waals surface area contributed by atoms with Gasteiger partial charge in [-0.15, -0.1) is 0 Å². The van der Waals surface area contributed by atoms with Gasteiger partial charge in [0, 0.05) is 19.5 Å². The lowest BCUT2D eigenvalue weighted by Gasteiger charge is -2.07. The summed E-state index contributed by atoms with van der Waals surface area (Å²) in [5.74, 6) is -0.678. The Morgan fingerprint density at radius 3 is 2.56 bits per heavy atom. The summed E-state index contributed by atoms with van der Waals surface area (Å²) < 4.78 is 25.7. The van der Waals surface area contributed by atoms with Crippen LogP contribution >= 0.6 is 0 Å². The number of nitrogens with one attached hydrogen (secondary N) is 1. The molecule has 0 unspecified atom stereocenters. The Hall–Kier alpha value is -1.44. The molecule has 0 bridgehead atoms. The molecule has 7 heteroatoms. The third-order valence-corrected chi connectivity index (χ3v) is 3.63. The Morgan fingerprint density at radius 1 is 1.28 bits per heavy atom. The van der Waals surface area contributed by atoms with Crippen molar-refractivity contribution >= 4 is 15.9 Å². The van der Waals surface area contributed by atoms with Gasteiger partial charge in [0.05, 0.1) is 5.75 Å². The summed E-state index contributed by atoms with van der Waals surface area (Å²) in [5.41, 5.74) is 11.9. The highest BCUT2D eigenvalue weighted by Gasteiger charge is 2.11. The standard InChI is InChI=1S/C11H17N3O3S/c12-7-9-2-1-3-10(6-9)8-18(16,17)14-5-4-11(13)15/h1-3,6,14H,4-5,7-8,12H2,(H2,13,15). The van der Waals surface area contributed by atoms with E-state index in [9.17, 15) is 13.2 Å². The molecule has 0 heterocycles. The first-order valence-corrected chi connectivity index (χ1v) is 7.12. The Morgan fingerprint density at radius 2 is 1.94 bits per heavy atom. The average Bonchev–Trinajstić information content (AvgIpc) is 2.27. The molecule has 1 rings (SSSR count). The largest absolute Gasteiger partial charge is 0.370 e. The molecule has 0 aliphatic rings. The molecule has 0 radical (unpaired) electrons. The number of benzene rings is 1. The summed E-state index contributed by atoms with van der Waals surface area (Å²) in [7, 11) is -3.45. The van der Waals surface area contributed by atoms with Crippen LogP contribution in [0.3, 0.4) is 0 Å². The number of carbonyl (C=O) groups is 1. The van der Waals surface area contributed by atoms with Gasteiger partial charge in [-0.05, 0) is 11.1 Å². The van der Waals surface area contributed by atoms with Crippen LogP contribution in [0.15, 0.2) is 24.3 Å². The van der Waals surface area contributed by atoms with E-state index in [0.717, 1.165) is 5.56 Å².